The average Bonchev–Trinajstić information content (AvgIpc) is 2.34. The SMILES string of the molecule is COCCC(C)C(O)c1ccc(C(F)(F)F)cn1. The standard InChI is InChI=1S/C12H16F3NO2/c1-8(5-6-18-2)11(17)10-4-3-9(7-16-10)12(13,14)15/h3-4,7-8,11,17H,5-6H2,1-2H3. The molecule has 1 rings (SSSR count). The number of ether oxygens (including phenoxy) is 1. The molecule has 18 heavy (non-hydrogen) atoms. The molecule has 1 aromatic heterocycles. The van der Waals surface area contributed by atoms with Crippen LogP contribution in [0.4, 0.5) is 13.2 Å². The highest BCUT2D eigenvalue weighted by Crippen LogP contribution is 2.30. The number of halogens is 3. The van der Waals surface area contributed by atoms with E-state index in [0.29, 0.717) is 13.0 Å². The van der Waals surface area contributed by atoms with Gasteiger partial charge in [-0.1, -0.05) is 6.92 Å². The Morgan fingerprint density at radius 1 is 1.39 bits per heavy atom. The van der Waals surface area contributed by atoms with Gasteiger partial charge in [-0.05, 0) is 24.5 Å². The van der Waals surface area contributed by atoms with Gasteiger partial charge in [0.1, 0.15) is 0 Å². The lowest BCUT2D eigenvalue weighted by atomic mass is 9.98. The molecule has 0 saturated heterocycles. The van der Waals surface area contributed by atoms with Gasteiger partial charge in [0, 0.05) is 19.9 Å². The van der Waals surface area contributed by atoms with Crippen LogP contribution in [0.2, 0.25) is 0 Å². The summed E-state index contributed by atoms with van der Waals surface area (Å²) >= 11 is 0. The van der Waals surface area contributed by atoms with Crippen LogP contribution in [0.5, 0.6) is 0 Å². The first-order valence-corrected chi connectivity index (χ1v) is 5.56. The molecule has 6 heteroatoms. The Morgan fingerprint density at radius 3 is 2.50 bits per heavy atom. The van der Waals surface area contributed by atoms with Gasteiger partial charge in [0.25, 0.3) is 0 Å². The molecule has 0 radical (unpaired) electrons. The second kappa shape index (κ2) is 6.15. The Labute approximate surface area is 104 Å². The highest BCUT2D eigenvalue weighted by molar-refractivity contribution is 5.18. The first-order chi connectivity index (χ1) is 8.36. The topological polar surface area (TPSA) is 42.4 Å². The largest absolute Gasteiger partial charge is 0.417 e. The summed E-state index contributed by atoms with van der Waals surface area (Å²) < 4.78 is 41.9. The van der Waals surface area contributed by atoms with Crippen molar-refractivity contribution in [3.05, 3.63) is 29.6 Å². The fourth-order valence-corrected chi connectivity index (χ4v) is 1.50. The second-order valence-electron chi connectivity index (χ2n) is 4.17. The molecule has 2 atom stereocenters. The number of aromatic nitrogens is 1. The predicted molar refractivity (Wildman–Crippen MR) is 59.9 cm³/mol. The minimum atomic E-state index is -4.40. The first kappa shape index (κ1) is 14.9. The first-order valence-electron chi connectivity index (χ1n) is 5.56. The maximum absolute atomic E-state index is 12.3. The van der Waals surface area contributed by atoms with Crippen molar-refractivity contribution >= 4 is 0 Å². The van der Waals surface area contributed by atoms with Crippen molar-refractivity contribution in [1.82, 2.24) is 4.98 Å². The van der Waals surface area contributed by atoms with Gasteiger partial charge < -0.3 is 9.84 Å². The van der Waals surface area contributed by atoms with Gasteiger partial charge in [0.05, 0.1) is 17.4 Å². The minimum absolute atomic E-state index is 0.130. The molecule has 1 aromatic rings. The summed E-state index contributed by atoms with van der Waals surface area (Å²) in [6, 6.07) is 2.13. The van der Waals surface area contributed by atoms with Crippen LogP contribution in [0, 0.1) is 5.92 Å². The number of aliphatic hydroxyl groups is 1. The molecule has 0 saturated carbocycles. The summed E-state index contributed by atoms with van der Waals surface area (Å²) in [5, 5.41) is 9.91. The molecular formula is C12H16F3NO2. The summed E-state index contributed by atoms with van der Waals surface area (Å²) in [5.74, 6) is -0.130. The average molecular weight is 263 g/mol. The van der Waals surface area contributed by atoms with E-state index in [1.165, 1.54) is 6.07 Å². The molecular weight excluding hydrogens is 247 g/mol. The van der Waals surface area contributed by atoms with E-state index in [0.717, 1.165) is 12.3 Å². The van der Waals surface area contributed by atoms with Crippen molar-refractivity contribution in [2.24, 2.45) is 5.92 Å². The maximum atomic E-state index is 12.3. The Balaban J connectivity index is 2.72. The third-order valence-electron chi connectivity index (χ3n) is 2.73. The molecule has 1 N–H and O–H groups in total. The van der Waals surface area contributed by atoms with E-state index in [1.54, 1.807) is 14.0 Å². The smallest absolute Gasteiger partial charge is 0.387 e. The second-order valence-corrected chi connectivity index (χ2v) is 4.17. The number of hydrogen-bond acceptors (Lipinski definition) is 3. The van der Waals surface area contributed by atoms with E-state index in [1.807, 2.05) is 0 Å². The highest BCUT2D eigenvalue weighted by atomic mass is 19.4. The third kappa shape index (κ3) is 3.96. The summed E-state index contributed by atoms with van der Waals surface area (Å²) in [4.78, 5) is 3.66. The van der Waals surface area contributed by atoms with Crippen molar-refractivity contribution in [2.75, 3.05) is 13.7 Å². The van der Waals surface area contributed by atoms with Crippen molar-refractivity contribution < 1.29 is 23.0 Å². The van der Waals surface area contributed by atoms with Gasteiger partial charge in [-0.25, -0.2) is 0 Å². The summed E-state index contributed by atoms with van der Waals surface area (Å²) in [6.45, 7) is 2.28. The van der Waals surface area contributed by atoms with Gasteiger partial charge in [0.15, 0.2) is 0 Å². The summed E-state index contributed by atoms with van der Waals surface area (Å²) in [7, 11) is 1.55. The lowest BCUT2D eigenvalue weighted by Crippen LogP contribution is -2.14. The molecule has 0 aliphatic rings. The van der Waals surface area contributed by atoms with Crippen LogP contribution in [0.25, 0.3) is 0 Å². The third-order valence-corrected chi connectivity index (χ3v) is 2.73. The van der Waals surface area contributed by atoms with Gasteiger partial charge in [-0.3, -0.25) is 4.98 Å². The summed E-state index contributed by atoms with van der Waals surface area (Å²) in [6.07, 6.45) is -3.94. The van der Waals surface area contributed by atoms with Crippen LogP contribution in [0.15, 0.2) is 18.3 Å². The molecule has 102 valence electrons. The quantitative estimate of drug-likeness (QED) is 0.888. The van der Waals surface area contributed by atoms with Crippen LogP contribution in [-0.4, -0.2) is 23.8 Å². The fraction of sp³-hybridized carbons (Fsp3) is 0.583. The molecule has 1 heterocycles. The van der Waals surface area contributed by atoms with Gasteiger partial charge in [0.2, 0.25) is 0 Å². The van der Waals surface area contributed by atoms with Gasteiger partial charge in [-0.15, -0.1) is 0 Å². The van der Waals surface area contributed by atoms with Gasteiger partial charge in [-0.2, -0.15) is 13.2 Å². The van der Waals surface area contributed by atoms with Gasteiger partial charge >= 0.3 is 6.18 Å². The van der Waals surface area contributed by atoms with Crippen molar-refractivity contribution in [3.63, 3.8) is 0 Å². The predicted octanol–water partition coefficient (Wildman–Crippen LogP) is 2.81. The van der Waals surface area contributed by atoms with E-state index in [2.05, 4.69) is 4.98 Å². The number of methoxy groups -OCH3 is 1. The number of alkyl halides is 3. The molecule has 0 spiro atoms. The van der Waals surface area contributed by atoms with Crippen LogP contribution in [0.1, 0.15) is 30.7 Å². The monoisotopic (exact) mass is 263 g/mol. The van der Waals surface area contributed by atoms with E-state index in [-0.39, 0.29) is 11.6 Å². The summed E-state index contributed by atoms with van der Waals surface area (Å²) in [5.41, 5.74) is -0.574. The Morgan fingerprint density at radius 2 is 2.06 bits per heavy atom. The molecule has 0 aliphatic heterocycles. The molecule has 0 fully saturated rings. The molecule has 2 unspecified atom stereocenters. The zero-order valence-corrected chi connectivity index (χ0v) is 10.2. The van der Waals surface area contributed by atoms with E-state index >= 15 is 0 Å². The van der Waals surface area contributed by atoms with E-state index < -0.39 is 17.8 Å². The van der Waals surface area contributed by atoms with Crippen LogP contribution >= 0.6 is 0 Å². The lowest BCUT2D eigenvalue weighted by Gasteiger charge is -2.18. The molecule has 0 aromatic carbocycles. The number of hydrogen-bond donors (Lipinski definition) is 1. The number of rotatable bonds is 5. The number of aliphatic hydroxyl groups excluding tert-OH is 1. The van der Waals surface area contributed by atoms with Crippen LogP contribution in [0.3, 0.4) is 0 Å². The van der Waals surface area contributed by atoms with Crippen LogP contribution in [-0.2, 0) is 10.9 Å². The zero-order chi connectivity index (χ0) is 13.8. The maximum Gasteiger partial charge on any atom is 0.417 e. The minimum Gasteiger partial charge on any atom is -0.387 e. The Kier molecular flexibility index (Phi) is 5.10. The van der Waals surface area contributed by atoms with Crippen molar-refractivity contribution in [2.45, 2.75) is 25.6 Å². The van der Waals surface area contributed by atoms with E-state index in [4.69, 9.17) is 4.74 Å². The molecule has 0 aliphatic carbocycles. The fourth-order valence-electron chi connectivity index (χ4n) is 1.50. The van der Waals surface area contributed by atoms with Crippen molar-refractivity contribution in [3.8, 4) is 0 Å². The van der Waals surface area contributed by atoms with Crippen molar-refractivity contribution in [1.29, 1.82) is 0 Å². The molecule has 3 nitrogen and oxygen atoms in total. The number of pyridine rings is 1. The molecule has 0 bridgehead atoms. The van der Waals surface area contributed by atoms with Crippen LogP contribution < -0.4 is 0 Å². The lowest BCUT2D eigenvalue weighted by molar-refractivity contribution is -0.137. The Bertz CT molecular complexity index is 365. The zero-order valence-electron chi connectivity index (χ0n) is 10.2. The van der Waals surface area contributed by atoms with E-state index in [9.17, 15) is 18.3 Å². The Hall–Kier alpha value is -1.14. The molecule has 0 amide bonds. The number of nitrogens with zero attached hydrogens (tertiary/aromatic N) is 1. The highest BCUT2D eigenvalue weighted by Gasteiger charge is 2.31. The normalized spacial score (nSPS) is 15.4.